The summed E-state index contributed by atoms with van der Waals surface area (Å²) in [6.07, 6.45) is 0. The SMILES string of the molecule is Cc1ccc(F)c(NC(=O)c2cc(S)cs2)c1. The van der Waals surface area contributed by atoms with Crippen LogP contribution in [0.1, 0.15) is 15.2 Å². The molecule has 1 aromatic heterocycles. The molecule has 0 saturated heterocycles. The van der Waals surface area contributed by atoms with Crippen molar-refractivity contribution >= 4 is 35.6 Å². The molecule has 0 atom stereocenters. The van der Waals surface area contributed by atoms with Crippen molar-refractivity contribution in [2.45, 2.75) is 11.8 Å². The maximum absolute atomic E-state index is 13.4. The molecule has 0 aliphatic carbocycles. The van der Waals surface area contributed by atoms with Crippen LogP contribution in [0.3, 0.4) is 0 Å². The predicted octanol–water partition coefficient (Wildman–Crippen LogP) is 3.74. The van der Waals surface area contributed by atoms with Gasteiger partial charge in [-0.25, -0.2) is 4.39 Å². The Kier molecular flexibility index (Phi) is 3.49. The molecule has 0 aliphatic rings. The minimum absolute atomic E-state index is 0.198. The lowest BCUT2D eigenvalue weighted by Gasteiger charge is -2.05. The molecule has 1 N–H and O–H groups in total. The van der Waals surface area contributed by atoms with E-state index in [0.29, 0.717) is 4.88 Å². The van der Waals surface area contributed by atoms with Gasteiger partial charge in [0, 0.05) is 10.3 Å². The molecule has 0 saturated carbocycles. The minimum Gasteiger partial charge on any atom is -0.319 e. The number of rotatable bonds is 2. The van der Waals surface area contributed by atoms with Gasteiger partial charge in [0.2, 0.25) is 0 Å². The number of benzene rings is 1. The van der Waals surface area contributed by atoms with Gasteiger partial charge in [0.1, 0.15) is 5.82 Å². The van der Waals surface area contributed by atoms with Crippen molar-refractivity contribution in [1.82, 2.24) is 0 Å². The fourth-order valence-electron chi connectivity index (χ4n) is 1.36. The van der Waals surface area contributed by atoms with E-state index in [9.17, 15) is 9.18 Å². The normalized spacial score (nSPS) is 10.3. The van der Waals surface area contributed by atoms with Crippen molar-refractivity contribution in [3.05, 3.63) is 45.9 Å². The minimum atomic E-state index is -0.438. The fourth-order valence-corrected chi connectivity index (χ4v) is 2.41. The van der Waals surface area contributed by atoms with Crippen molar-refractivity contribution in [2.24, 2.45) is 0 Å². The highest BCUT2D eigenvalue weighted by atomic mass is 32.1. The highest BCUT2D eigenvalue weighted by molar-refractivity contribution is 7.80. The maximum atomic E-state index is 13.4. The molecule has 2 nitrogen and oxygen atoms in total. The monoisotopic (exact) mass is 267 g/mol. The molecule has 1 heterocycles. The van der Waals surface area contributed by atoms with E-state index >= 15 is 0 Å². The van der Waals surface area contributed by atoms with E-state index in [1.807, 2.05) is 6.92 Å². The van der Waals surface area contributed by atoms with E-state index in [-0.39, 0.29) is 11.6 Å². The number of thiol groups is 1. The average molecular weight is 267 g/mol. The molecule has 0 radical (unpaired) electrons. The standard InChI is InChI=1S/C12H10FNOS2/c1-7-2-3-9(13)10(4-7)14-12(15)11-5-8(16)6-17-11/h2-6,16H,1H3,(H,14,15). The van der Waals surface area contributed by atoms with Crippen LogP contribution in [0.5, 0.6) is 0 Å². The first-order chi connectivity index (χ1) is 8.06. The second-order valence-electron chi connectivity index (χ2n) is 3.61. The molecule has 5 heteroatoms. The van der Waals surface area contributed by atoms with Crippen LogP contribution in [-0.4, -0.2) is 5.91 Å². The number of carbonyl (C=O) groups is 1. The van der Waals surface area contributed by atoms with Gasteiger partial charge in [0.15, 0.2) is 0 Å². The van der Waals surface area contributed by atoms with Crippen molar-refractivity contribution in [3.8, 4) is 0 Å². The Morgan fingerprint density at radius 3 is 2.82 bits per heavy atom. The van der Waals surface area contributed by atoms with Crippen molar-refractivity contribution in [3.63, 3.8) is 0 Å². The third-order valence-electron chi connectivity index (χ3n) is 2.18. The Morgan fingerprint density at radius 2 is 2.18 bits per heavy atom. The van der Waals surface area contributed by atoms with Crippen LogP contribution < -0.4 is 5.32 Å². The molecule has 17 heavy (non-hydrogen) atoms. The topological polar surface area (TPSA) is 29.1 Å². The molecular formula is C12H10FNOS2. The maximum Gasteiger partial charge on any atom is 0.265 e. The summed E-state index contributed by atoms with van der Waals surface area (Å²) in [7, 11) is 0. The number of hydrogen-bond donors (Lipinski definition) is 2. The van der Waals surface area contributed by atoms with Crippen LogP contribution in [0.25, 0.3) is 0 Å². The molecule has 1 aromatic carbocycles. The molecular weight excluding hydrogens is 257 g/mol. The van der Waals surface area contributed by atoms with E-state index < -0.39 is 5.82 Å². The molecule has 0 aliphatic heterocycles. The second-order valence-corrected chi connectivity index (χ2v) is 5.03. The molecule has 88 valence electrons. The summed E-state index contributed by atoms with van der Waals surface area (Å²) >= 11 is 5.40. The largest absolute Gasteiger partial charge is 0.319 e. The van der Waals surface area contributed by atoms with Gasteiger partial charge in [-0.2, -0.15) is 0 Å². The number of nitrogens with one attached hydrogen (secondary N) is 1. The molecule has 0 spiro atoms. The zero-order chi connectivity index (χ0) is 12.4. The van der Waals surface area contributed by atoms with Crippen molar-refractivity contribution in [2.75, 3.05) is 5.32 Å². The van der Waals surface area contributed by atoms with E-state index in [0.717, 1.165) is 10.5 Å². The van der Waals surface area contributed by atoms with Gasteiger partial charge in [0.05, 0.1) is 10.6 Å². The summed E-state index contributed by atoms with van der Waals surface area (Å²) in [6, 6.07) is 6.24. The van der Waals surface area contributed by atoms with Gasteiger partial charge in [0.25, 0.3) is 5.91 Å². The van der Waals surface area contributed by atoms with Crippen LogP contribution in [0, 0.1) is 12.7 Å². The van der Waals surface area contributed by atoms with Gasteiger partial charge >= 0.3 is 0 Å². The van der Waals surface area contributed by atoms with Crippen LogP contribution in [-0.2, 0) is 0 Å². The number of carbonyl (C=O) groups excluding carboxylic acids is 1. The summed E-state index contributed by atoms with van der Waals surface area (Å²) in [5.74, 6) is -0.758. The van der Waals surface area contributed by atoms with Crippen LogP contribution in [0.15, 0.2) is 34.5 Å². The lowest BCUT2D eigenvalue weighted by Crippen LogP contribution is -2.11. The predicted molar refractivity (Wildman–Crippen MR) is 70.7 cm³/mol. The molecule has 0 unspecified atom stereocenters. The summed E-state index contributed by atoms with van der Waals surface area (Å²) in [4.78, 5) is 13.0. The van der Waals surface area contributed by atoms with Crippen LogP contribution in [0.4, 0.5) is 10.1 Å². The summed E-state index contributed by atoms with van der Waals surface area (Å²) in [5, 5.41) is 4.30. The van der Waals surface area contributed by atoms with E-state index in [1.54, 1.807) is 23.6 Å². The van der Waals surface area contributed by atoms with Crippen molar-refractivity contribution < 1.29 is 9.18 Å². The third kappa shape index (κ3) is 2.87. The molecule has 0 bridgehead atoms. The number of halogens is 1. The van der Waals surface area contributed by atoms with E-state index in [4.69, 9.17) is 0 Å². The lowest BCUT2D eigenvalue weighted by molar-refractivity contribution is 0.103. The Balaban J connectivity index is 2.21. The molecule has 2 aromatic rings. The number of hydrogen-bond acceptors (Lipinski definition) is 3. The Morgan fingerprint density at radius 1 is 1.41 bits per heavy atom. The Labute approximate surface area is 108 Å². The summed E-state index contributed by atoms with van der Waals surface area (Å²) < 4.78 is 13.4. The first-order valence-electron chi connectivity index (χ1n) is 4.91. The fraction of sp³-hybridized carbons (Fsp3) is 0.0833. The Hall–Kier alpha value is -1.33. The van der Waals surface area contributed by atoms with Crippen LogP contribution >= 0.6 is 24.0 Å². The first kappa shape index (κ1) is 12.1. The van der Waals surface area contributed by atoms with Crippen LogP contribution in [0.2, 0.25) is 0 Å². The van der Waals surface area contributed by atoms with E-state index in [1.165, 1.54) is 17.4 Å². The molecule has 2 rings (SSSR count). The van der Waals surface area contributed by atoms with Crippen molar-refractivity contribution in [1.29, 1.82) is 0 Å². The van der Waals surface area contributed by atoms with Gasteiger partial charge in [-0.1, -0.05) is 6.07 Å². The summed E-state index contributed by atoms with van der Waals surface area (Å²) in [5.41, 5.74) is 1.09. The number of anilines is 1. The highest BCUT2D eigenvalue weighted by Gasteiger charge is 2.11. The van der Waals surface area contributed by atoms with Gasteiger partial charge in [-0.3, -0.25) is 4.79 Å². The molecule has 1 amide bonds. The average Bonchev–Trinajstić information content (AvgIpc) is 2.70. The van der Waals surface area contributed by atoms with E-state index in [2.05, 4.69) is 17.9 Å². The Bertz CT molecular complexity index is 565. The second kappa shape index (κ2) is 4.89. The van der Waals surface area contributed by atoms with Gasteiger partial charge in [-0.15, -0.1) is 24.0 Å². The summed E-state index contributed by atoms with van der Waals surface area (Å²) in [6.45, 7) is 1.84. The number of amides is 1. The zero-order valence-electron chi connectivity index (χ0n) is 9.03. The first-order valence-corrected chi connectivity index (χ1v) is 6.24. The van der Waals surface area contributed by atoms with Gasteiger partial charge in [-0.05, 0) is 30.7 Å². The zero-order valence-corrected chi connectivity index (χ0v) is 10.7. The highest BCUT2D eigenvalue weighted by Crippen LogP contribution is 2.21. The third-order valence-corrected chi connectivity index (χ3v) is 3.54. The lowest BCUT2D eigenvalue weighted by atomic mass is 10.2. The quantitative estimate of drug-likeness (QED) is 0.797. The number of aryl methyl sites for hydroxylation is 1. The number of thiophene rings is 1. The molecule has 0 fully saturated rings. The van der Waals surface area contributed by atoms with Gasteiger partial charge < -0.3 is 5.32 Å². The smallest absolute Gasteiger partial charge is 0.265 e.